The Labute approximate surface area is 147 Å². The molecule has 3 heterocycles. The van der Waals surface area contributed by atoms with Crippen LogP contribution in [0.1, 0.15) is 21.8 Å². The number of aromatic nitrogens is 3. The first-order valence-electron chi connectivity index (χ1n) is 7.77. The van der Waals surface area contributed by atoms with E-state index in [0.717, 1.165) is 16.3 Å². The normalized spacial score (nSPS) is 11.4. The molecule has 0 aliphatic rings. The van der Waals surface area contributed by atoms with Crippen LogP contribution in [0.15, 0.2) is 59.5 Å². The molecule has 0 aliphatic heterocycles. The minimum atomic E-state index is -0.631. The molecule has 128 valence electrons. The SMILES string of the molecule is Nc1cc(F)c2c(c1)c(C=Cc1cccnc1)nn2C(=O)c1ccco1. The van der Waals surface area contributed by atoms with Crippen LogP contribution in [0.5, 0.6) is 0 Å². The first-order valence-corrected chi connectivity index (χ1v) is 7.77. The summed E-state index contributed by atoms with van der Waals surface area (Å²) in [6, 6.07) is 9.48. The monoisotopic (exact) mass is 348 g/mol. The van der Waals surface area contributed by atoms with Gasteiger partial charge in [0.1, 0.15) is 5.52 Å². The molecule has 0 fully saturated rings. The third-order valence-corrected chi connectivity index (χ3v) is 3.82. The fraction of sp³-hybridized carbons (Fsp3) is 0. The van der Waals surface area contributed by atoms with Gasteiger partial charge >= 0.3 is 5.91 Å². The van der Waals surface area contributed by atoms with Gasteiger partial charge in [-0.15, -0.1) is 0 Å². The molecule has 0 aliphatic carbocycles. The Bertz CT molecular complexity index is 1120. The maximum absolute atomic E-state index is 14.5. The van der Waals surface area contributed by atoms with Gasteiger partial charge in [0.25, 0.3) is 0 Å². The van der Waals surface area contributed by atoms with Crippen LogP contribution < -0.4 is 5.73 Å². The predicted molar refractivity (Wildman–Crippen MR) is 95.7 cm³/mol. The second kappa shape index (κ2) is 6.29. The predicted octanol–water partition coefficient (Wildman–Crippen LogP) is 3.60. The van der Waals surface area contributed by atoms with Gasteiger partial charge in [-0.25, -0.2) is 4.39 Å². The number of nitrogen functional groups attached to an aromatic ring is 1. The Morgan fingerprint density at radius 2 is 2.12 bits per heavy atom. The summed E-state index contributed by atoms with van der Waals surface area (Å²) in [6.07, 6.45) is 8.18. The molecule has 0 unspecified atom stereocenters. The van der Waals surface area contributed by atoms with E-state index in [1.165, 1.54) is 12.3 Å². The molecule has 0 radical (unpaired) electrons. The van der Waals surface area contributed by atoms with Gasteiger partial charge in [0.05, 0.1) is 12.0 Å². The minimum Gasteiger partial charge on any atom is -0.459 e. The highest BCUT2D eigenvalue weighted by molar-refractivity contribution is 6.02. The van der Waals surface area contributed by atoms with Gasteiger partial charge in [0.15, 0.2) is 11.6 Å². The summed E-state index contributed by atoms with van der Waals surface area (Å²) in [5, 5.41) is 4.70. The van der Waals surface area contributed by atoms with E-state index >= 15 is 0 Å². The summed E-state index contributed by atoms with van der Waals surface area (Å²) in [5.74, 6) is -1.13. The summed E-state index contributed by atoms with van der Waals surface area (Å²) < 4.78 is 20.6. The Morgan fingerprint density at radius 1 is 1.23 bits per heavy atom. The maximum Gasteiger partial charge on any atom is 0.314 e. The number of fused-ring (bicyclic) bond motifs is 1. The number of furan rings is 1. The minimum absolute atomic E-state index is 0.0476. The highest BCUT2D eigenvalue weighted by Gasteiger charge is 2.21. The molecule has 4 aromatic rings. The van der Waals surface area contributed by atoms with Crippen molar-refractivity contribution in [1.82, 2.24) is 14.8 Å². The van der Waals surface area contributed by atoms with Crippen molar-refractivity contribution in [3.8, 4) is 0 Å². The molecule has 6 nitrogen and oxygen atoms in total. The number of rotatable bonds is 3. The second-order valence-corrected chi connectivity index (χ2v) is 5.60. The van der Waals surface area contributed by atoms with Crippen molar-refractivity contribution in [3.63, 3.8) is 0 Å². The van der Waals surface area contributed by atoms with Crippen LogP contribution in [-0.2, 0) is 0 Å². The zero-order chi connectivity index (χ0) is 18.1. The molecular formula is C19H13FN4O2. The van der Waals surface area contributed by atoms with Gasteiger partial charge in [-0.05, 0) is 42.0 Å². The van der Waals surface area contributed by atoms with Crippen LogP contribution in [0.3, 0.4) is 0 Å². The first-order chi connectivity index (χ1) is 12.6. The fourth-order valence-corrected chi connectivity index (χ4v) is 2.67. The molecule has 2 N–H and O–H groups in total. The quantitative estimate of drug-likeness (QED) is 0.572. The largest absolute Gasteiger partial charge is 0.459 e. The Kier molecular flexibility index (Phi) is 3.81. The van der Waals surface area contributed by atoms with E-state index in [1.807, 2.05) is 6.07 Å². The lowest BCUT2D eigenvalue weighted by Crippen LogP contribution is -2.13. The fourth-order valence-electron chi connectivity index (χ4n) is 2.67. The van der Waals surface area contributed by atoms with Gasteiger partial charge in [-0.2, -0.15) is 9.78 Å². The Hall–Kier alpha value is -3.74. The summed E-state index contributed by atoms with van der Waals surface area (Å²) in [4.78, 5) is 16.7. The van der Waals surface area contributed by atoms with E-state index < -0.39 is 11.7 Å². The highest BCUT2D eigenvalue weighted by Crippen LogP contribution is 2.27. The number of anilines is 1. The van der Waals surface area contributed by atoms with Crippen molar-refractivity contribution >= 4 is 34.6 Å². The van der Waals surface area contributed by atoms with Gasteiger partial charge in [-0.1, -0.05) is 12.1 Å². The van der Waals surface area contributed by atoms with Crippen molar-refractivity contribution in [3.05, 3.63) is 77.9 Å². The smallest absolute Gasteiger partial charge is 0.314 e. The number of benzene rings is 1. The molecule has 1 aromatic carbocycles. The summed E-state index contributed by atoms with van der Waals surface area (Å²) >= 11 is 0. The average Bonchev–Trinajstić information content (AvgIpc) is 3.28. The molecule has 7 heteroatoms. The number of nitrogens with zero attached hydrogens (tertiary/aromatic N) is 3. The molecule has 0 amide bonds. The molecule has 0 bridgehead atoms. The summed E-state index contributed by atoms with van der Waals surface area (Å²) in [6.45, 7) is 0. The number of hydrogen-bond donors (Lipinski definition) is 1. The third kappa shape index (κ3) is 2.75. The second-order valence-electron chi connectivity index (χ2n) is 5.60. The van der Waals surface area contributed by atoms with Crippen LogP contribution in [0.2, 0.25) is 0 Å². The van der Waals surface area contributed by atoms with Gasteiger partial charge < -0.3 is 10.2 Å². The van der Waals surface area contributed by atoms with Crippen molar-refractivity contribution in [2.24, 2.45) is 0 Å². The Morgan fingerprint density at radius 3 is 2.85 bits per heavy atom. The number of pyridine rings is 1. The van der Waals surface area contributed by atoms with Crippen molar-refractivity contribution < 1.29 is 13.6 Å². The maximum atomic E-state index is 14.5. The molecular weight excluding hydrogens is 335 g/mol. The number of hydrogen-bond acceptors (Lipinski definition) is 5. The molecule has 0 atom stereocenters. The molecule has 4 rings (SSSR count). The van der Waals surface area contributed by atoms with E-state index in [4.69, 9.17) is 10.2 Å². The van der Waals surface area contributed by atoms with E-state index in [1.54, 1.807) is 42.7 Å². The van der Waals surface area contributed by atoms with Crippen LogP contribution in [0.25, 0.3) is 23.1 Å². The van der Waals surface area contributed by atoms with E-state index in [9.17, 15) is 9.18 Å². The lowest BCUT2D eigenvalue weighted by Gasteiger charge is -2.01. The van der Waals surface area contributed by atoms with E-state index in [2.05, 4.69) is 10.1 Å². The topological polar surface area (TPSA) is 86.9 Å². The first kappa shape index (κ1) is 15.8. The number of halogens is 1. The van der Waals surface area contributed by atoms with Crippen LogP contribution in [0.4, 0.5) is 10.1 Å². The zero-order valence-corrected chi connectivity index (χ0v) is 13.5. The Balaban J connectivity index is 1.88. The number of nitrogens with two attached hydrogens (primary N) is 1. The van der Waals surface area contributed by atoms with Gasteiger partial charge in [-0.3, -0.25) is 9.78 Å². The molecule has 3 aromatic heterocycles. The third-order valence-electron chi connectivity index (χ3n) is 3.82. The van der Waals surface area contributed by atoms with E-state index in [0.29, 0.717) is 11.1 Å². The summed E-state index contributed by atoms with van der Waals surface area (Å²) in [5.41, 5.74) is 7.32. The molecule has 0 saturated heterocycles. The van der Waals surface area contributed by atoms with Crippen LogP contribution in [0, 0.1) is 5.82 Å². The number of carbonyl (C=O) groups excluding carboxylic acids is 1. The summed E-state index contributed by atoms with van der Waals surface area (Å²) in [7, 11) is 0. The molecule has 26 heavy (non-hydrogen) atoms. The van der Waals surface area contributed by atoms with Crippen molar-refractivity contribution in [1.29, 1.82) is 0 Å². The lowest BCUT2D eigenvalue weighted by atomic mass is 10.1. The number of carbonyl (C=O) groups is 1. The standard InChI is InChI=1S/C19H13FN4O2/c20-15-10-13(21)9-14-16(6-5-12-3-1-7-22-11-12)23-24(18(14)15)19(25)17-4-2-8-26-17/h1-11H,21H2. The highest BCUT2D eigenvalue weighted by atomic mass is 19.1. The van der Waals surface area contributed by atoms with Gasteiger partial charge in [0, 0.05) is 23.5 Å². The van der Waals surface area contributed by atoms with Gasteiger partial charge in [0.2, 0.25) is 0 Å². The lowest BCUT2D eigenvalue weighted by molar-refractivity contribution is 0.0922. The van der Waals surface area contributed by atoms with Crippen molar-refractivity contribution in [2.75, 3.05) is 5.73 Å². The molecule has 0 spiro atoms. The van der Waals surface area contributed by atoms with Crippen LogP contribution in [-0.4, -0.2) is 20.7 Å². The van der Waals surface area contributed by atoms with Crippen molar-refractivity contribution in [2.45, 2.75) is 0 Å². The zero-order valence-electron chi connectivity index (χ0n) is 13.5. The molecule has 0 saturated carbocycles. The average molecular weight is 348 g/mol. The van der Waals surface area contributed by atoms with E-state index in [-0.39, 0.29) is 17.0 Å². The van der Waals surface area contributed by atoms with Crippen LogP contribution >= 0.6 is 0 Å².